The predicted octanol–water partition coefficient (Wildman–Crippen LogP) is -2.73. The van der Waals surface area contributed by atoms with Crippen LogP contribution < -0.4 is 43.8 Å². The van der Waals surface area contributed by atoms with Crippen molar-refractivity contribution in [3.05, 3.63) is 36.4 Å². The summed E-state index contributed by atoms with van der Waals surface area (Å²) in [5, 5.41) is 33.6. The molecule has 0 bridgehead atoms. The number of guanidine groups is 1. The van der Waals surface area contributed by atoms with Crippen LogP contribution in [0.4, 0.5) is 0 Å². The van der Waals surface area contributed by atoms with Crippen LogP contribution in [0.2, 0.25) is 0 Å². The number of aromatic amines is 2. The van der Waals surface area contributed by atoms with Crippen molar-refractivity contribution in [1.82, 2.24) is 51.4 Å². The van der Waals surface area contributed by atoms with Crippen LogP contribution in [0.15, 0.2) is 30.0 Å². The zero-order valence-electron chi connectivity index (χ0n) is 35.9. The first-order valence-electron chi connectivity index (χ1n) is 20.8. The summed E-state index contributed by atoms with van der Waals surface area (Å²) < 4.78 is 0. The summed E-state index contributed by atoms with van der Waals surface area (Å²) in [6.07, 6.45) is 5.61. The molecule has 23 nitrogen and oxygen atoms in total. The van der Waals surface area contributed by atoms with Crippen molar-refractivity contribution in [3.8, 4) is 0 Å². The van der Waals surface area contributed by atoms with Gasteiger partial charge in [0.25, 0.3) is 0 Å². The highest BCUT2D eigenvalue weighted by molar-refractivity contribution is 5.97. The number of hydrogen-bond donors (Lipinski definition) is 12. The van der Waals surface area contributed by atoms with Crippen molar-refractivity contribution in [1.29, 1.82) is 0 Å². The lowest BCUT2D eigenvalue weighted by Gasteiger charge is -2.32. The Morgan fingerprint density at radius 1 is 0.790 bits per heavy atom. The third-order valence-electron chi connectivity index (χ3n) is 10.1. The van der Waals surface area contributed by atoms with Crippen LogP contribution in [-0.2, 0) is 46.4 Å². The number of imidazole rings is 2. The molecule has 8 atom stereocenters. The van der Waals surface area contributed by atoms with E-state index in [9.17, 15) is 43.8 Å². The second-order valence-corrected chi connectivity index (χ2v) is 16.4. The zero-order valence-corrected chi connectivity index (χ0v) is 35.9. The molecule has 2 aromatic rings. The molecule has 15 N–H and O–H groups in total. The third-order valence-corrected chi connectivity index (χ3v) is 10.1. The van der Waals surface area contributed by atoms with Crippen molar-refractivity contribution in [3.63, 3.8) is 0 Å². The number of carboxylic acids is 1. The molecule has 0 aliphatic carbocycles. The number of aromatic nitrogens is 4. The summed E-state index contributed by atoms with van der Waals surface area (Å²) >= 11 is 0. The van der Waals surface area contributed by atoms with Gasteiger partial charge in [-0.1, -0.05) is 27.7 Å². The molecule has 1 aliphatic rings. The van der Waals surface area contributed by atoms with Gasteiger partial charge >= 0.3 is 5.97 Å². The van der Waals surface area contributed by atoms with E-state index in [1.165, 1.54) is 36.9 Å². The van der Waals surface area contributed by atoms with Gasteiger partial charge in [0.2, 0.25) is 35.4 Å². The molecule has 0 saturated carbocycles. The minimum absolute atomic E-state index is 0.0719. The second kappa shape index (κ2) is 24.4. The number of carbonyl (C=O) groups is 7. The van der Waals surface area contributed by atoms with Gasteiger partial charge in [0, 0.05) is 49.7 Å². The molecule has 6 amide bonds. The van der Waals surface area contributed by atoms with Crippen LogP contribution in [0.1, 0.15) is 84.5 Å². The lowest BCUT2D eigenvalue weighted by Crippen LogP contribution is -2.61. The molecule has 62 heavy (non-hydrogen) atoms. The van der Waals surface area contributed by atoms with Crippen LogP contribution >= 0.6 is 0 Å². The first-order chi connectivity index (χ1) is 29.3. The maximum atomic E-state index is 14.3. The number of aliphatic imine (C=N–C) groups is 1. The maximum absolute atomic E-state index is 14.3. The number of aliphatic hydroxyl groups excluding tert-OH is 1. The zero-order chi connectivity index (χ0) is 46.1. The van der Waals surface area contributed by atoms with Gasteiger partial charge in [-0.2, -0.15) is 0 Å². The largest absolute Gasteiger partial charge is 0.480 e. The van der Waals surface area contributed by atoms with E-state index in [0.717, 1.165) is 0 Å². The minimum atomic E-state index is -1.59. The molecule has 3 rings (SSSR count). The van der Waals surface area contributed by atoms with Crippen molar-refractivity contribution in [2.24, 2.45) is 34.0 Å². The number of nitrogens with two attached hydrogens (primary N) is 3. The summed E-state index contributed by atoms with van der Waals surface area (Å²) in [7, 11) is 0. The Hall–Kier alpha value is -6.10. The van der Waals surface area contributed by atoms with E-state index in [1.807, 2.05) is 27.7 Å². The molecule has 0 unspecified atom stereocenters. The number of rotatable bonds is 25. The molecule has 0 aromatic carbocycles. The van der Waals surface area contributed by atoms with Crippen LogP contribution in [0.3, 0.4) is 0 Å². The van der Waals surface area contributed by atoms with Crippen molar-refractivity contribution in [2.45, 2.75) is 134 Å². The van der Waals surface area contributed by atoms with Crippen LogP contribution in [-0.4, -0.2) is 144 Å². The number of H-pyrrole nitrogens is 2. The van der Waals surface area contributed by atoms with Crippen molar-refractivity contribution in [2.75, 3.05) is 13.1 Å². The van der Waals surface area contributed by atoms with Crippen molar-refractivity contribution >= 4 is 47.4 Å². The number of carbonyl (C=O) groups excluding carboxylic acids is 6. The normalized spacial score (nSPS) is 17.2. The van der Waals surface area contributed by atoms with E-state index in [1.54, 1.807) is 0 Å². The number of likely N-dealkylation sites (tertiary alicyclic amines) is 1. The molecule has 1 fully saturated rings. The highest BCUT2D eigenvalue weighted by Crippen LogP contribution is 2.21. The smallest absolute Gasteiger partial charge is 0.326 e. The second-order valence-electron chi connectivity index (χ2n) is 16.4. The molecule has 0 radical (unpaired) electrons. The van der Waals surface area contributed by atoms with Gasteiger partial charge in [-0.25, -0.2) is 14.8 Å². The molecule has 23 heteroatoms. The Labute approximate surface area is 360 Å². The summed E-state index contributed by atoms with van der Waals surface area (Å²) in [6.45, 7) is 9.01. The Morgan fingerprint density at radius 2 is 1.34 bits per heavy atom. The average molecular weight is 873 g/mol. The van der Waals surface area contributed by atoms with Gasteiger partial charge in [0.15, 0.2) is 5.96 Å². The van der Waals surface area contributed by atoms with Gasteiger partial charge in [-0.05, 0) is 57.3 Å². The third kappa shape index (κ3) is 16.1. The van der Waals surface area contributed by atoms with E-state index in [0.29, 0.717) is 24.2 Å². The van der Waals surface area contributed by atoms with Crippen LogP contribution in [0.25, 0.3) is 0 Å². The molecule has 2 aromatic heterocycles. The SMILES string of the molecule is CC(C)C[C@H](NC(=O)[C@@H]1CCCN1C(=O)[C@H](CC(C)C)NC(=O)[C@@H](NC(=O)[C@H](Cc1cnc[nH]1)NC(=O)[C@@H](N)CCCN=C(N)N)[C@@H](C)O)C(=O)N[C@@H](Cc1cnc[nH]1)C(=O)O. The Morgan fingerprint density at radius 3 is 1.87 bits per heavy atom. The molecule has 344 valence electrons. The van der Waals surface area contributed by atoms with Gasteiger partial charge in [-0.15, -0.1) is 0 Å². The van der Waals surface area contributed by atoms with E-state index < -0.39 is 89.8 Å². The molecular formula is C39H64N14O9. The molecule has 3 heterocycles. The summed E-state index contributed by atoms with van der Waals surface area (Å²) in [5.41, 5.74) is 17.7. The molecule has 1 aliphatic heterocycles. The first-order valence-corrected chi connectivity index (χ1v) is 20.8. The van der Waals surface area contributed by atoms with Gasteiger partial charge < -0.3 is 68.9 Å². The Balaban J connectivity index is 1.75. The standard InChI is InChI=1S/C39H64N14O9/c1-20(2)12-26(33(56)51-29(38(61)62)15-24-17-44-19-47-24)49-35(58)30-9-7-11-53(30)37(60)28(13-21(3)4)50-36(59)31(22(5)54)52-34(57)27(14-23-16-43-18-46-23)48-32(55)25(40)8-6-10-45-39(41)42/h16-22,25-31,54H,6-15,40H2,1-5H3,(H,43,46)(H,44,47)(H,48,55)(H,49,58)(H,50,59)(H,51,56)(H,52,57)(H,61,62)(H4,41,42,45)/t22-,25+,26+,27+,28+,29+,30+,31+/m1/s1. The van der Waals surface area contributed by atoms with Crippen LogP contribution in [0.5, 0.6) is 0 Å². The lowest BCUT2D eigenvalue weighted by atomic mass is 10.00. The monoisotopic (exact) mass is 872 g/mol. The van der Waals surface area contributed by atoms with E-state index in [4.69, 9.17) is 17.2 Å². The molecule has 1 saturated heterocycles. The van der Waals surface area contributed by atoms with E-state index in [2.05, 4.69) is 51.5 Å². The number of aliphatic hydroxyl groups is 1. The fourth-order valence-electron chi connectivity index (χ4n) is 6.93. The quantitative estimate of drug-likeness (QED) is 0.0274. The maximum Gasteiger partial charge on any atom is 0.326 e. The van der Waals surface area contributed by atoms with Gasteiger partial charge in [-0.3, -0.25) is 33.8 Å². The van der Waals surface area contributed by atoms with Crippen LogP contribution in [0, 0.1) is 11.8 Å². The number of amides is 6. The molecular weight excluding hydrogens is 809 g/mol. The lowest BCUT2D eigenvalue weighted by molar-refractivity contribution is -0.144. The number of carboxylic acid groups (broad SMARTS) is 1. The van der Waals surface area contributed by atoms with E-state index >= 15 is 0 Å². The average Bonchev–Trinajstić information content (AvgIpc) is 4.01. The number of aliphatic carboxylic acids is 1. The summed E-state index contributed by atoms with van der Waals surface area (Å²) in [6, 6.07) is -8.54. The Bertz CT molecular complexity index is 1820. The first kappa shape index (κ1) is 50.3. The minimum Gasteiger partial charge on any atom is -0.480 e. The Kier molecular flexibility index (Phi) is 19.8. The van der Waals surface area contributed by atoms with Gasteiger partial charge in [0.1, 0.15) is 36.3 Å². The summed E-state index contributed by atoms with van der Waals surface area (Å²) in [5.74, 6) is -5.92. The summed E-state index contributed by atoms with van der Waals surface area (Å²) in [4.78, 5) is 113. The highest BCUT2D eigenvalue weighted by atomic mass is 16.4. The topological polar surface area (TPSA) is 371 Å². The number of hydrogen-bond acceptors (Lipinski definition) is 12. The van der Waals surface area contributed by atoms with Crippen molar-refractivity contribution < 1.29 is 43.8 Å². The number of nitrogens with zero attached hydrogens (tertiary/aromatic N) is 4. The van der Waals surface area contributed by atoms with Gasteiger partial charge in [0.05, 0.1) is 24.8 Å². The predicted molar refractivity (Wildman–Crippen MR) is 225 cm³/mol. The number of nitrogens with one attached hydrogen (secondary N) is 7. The fraction of sp³-hybridized carbons (Fsp3) is 0.641. The highest BCUT2D eigenvalue weighted by Gasteiger charge is 2.41. The molecule has 0 spiro atoms. The fourth-order valence-corrected chi connectivity index (χ4v) is 6.93. The van der Waals surface area contributed by atoms with E-state index in [-0.39, 0.29) is 69.4 Å².